The highest BCUT2D eigenvalue weighted by Crippen LogP contribution is 2.58. The normalized spacial score (nSPS) is 36.7. The van der Waals surface area contributed by atoms with Crippen LogP contribution in [0.2, 0.25) is 0 Å². The quantitative estimate of drug-likeness (QED) is 0.351. The van der Waals surface area contributed by atoms with Crippen molar-refractivity contribution in [3.05, 3.63) is 34.4 Å². The van der Waals surface area contributed by atoms with Crippen LogP contribution in [-0.4, -0.2) is 81.3 Å². The lowest BCUT2D eigenvalue weighted by Crippen LogP contribution is -2.60. The molecule has 232 valence electrons. The van der Waals surface area contributed by atoms with E-state index in [1.54, 1.807) is 20.8 Å². The second-order valence-electron chi connectivity index (χ2n) is 12.5. The maximum atomic E-state index is 14.0. The Morgan fingerprint density at radius 3 is 1.91 bits per heavy atom. The van der Waals surface area contributed by atoms with Crippen LogP contribution in [0.3, 0.4) is 0 Å². The molecule has 0 aromatic heterocycles. The number of methoxy groups -OCH3 is 2. The molecular weight excluding hydrogens is 560 g/mol. The molecule has 0 bridgehead atoms. The number of rotatable bonds is 3. The predicted molar refractivity (Wildman–Crippen MR) is 152 cm³/mol. The number of carbonyl (C=O) groups excluding carboxylic acids is 2. The minimum absolute atomic E-state index is 0.00781. The lowest BCUT2D eigenvalue weighted by atomic mass is 9.63. The predicted octanol–water partition coefficient (Wildman–Crippen LogP) is 3.22. The average Bonchev–Trinajstić information content (AvgIpc) is 2.93. The van der Waals surface area contributed by atoms with Gasteiger partial charge in [0.2, 0.25) is 0 Å². The number of benzene rings is 2. The first-order valence-corrected chi connectivity index (χ1v) is 14.6. The van der Waals surface area contributed by atoms with Crippen LogP contribution in [0.25, 0.3) is 11.1 Å². The molecule has 4 aliphatic rings. The first kappa shape index (κ1) is 29.8. The molecule has 0 saturated carbocycles. The summed E-state index contributed by atoms with van der Waals surface area (Å²) < 4.78 is 22.9. The van der Waals surface area contributed by atoms with Crippen molar-refractivity contribution in [1.29, 1.82) is 0 Å². The van der Waals surface area contributed by atoms with Crippen LogP contribution >= 0.6 is 0 Å². The third-order valence-corrected chi connectivity index (χ3v) is 9.94. The molecule has 0 amide bonds. The molecule has 2 heterocycles. The maximum absolute atomic E-state index is 14.0. The molecule has 6 rings (SSSR count). The highest BCUT2D eigenvalue weighted by atomic mass is 16.5. The number of ketones is 2. The van der Waals surface area contributed by atoms with Crippen molar-refractivity contribution in [2.45, 2.75) is 82.8 Å². The van der Waals surface area contributed by atoms with Gasteiger partial charge in [0.15, 0.2) is 11.6 Å². The van der Waals surface area contributed by atoms with Crippen molar-refractivity contribution in [2.24, 2.45) is 17.8 Å². The van der Waals surface area contributed by atoms with E-state index in [0.717, 1.165) is 0 Å². The van der Waals surface area contributed by atoms with E-state index in [2.05, 4.69) is 0 Å². The van der Waals surface area contributed by atoms with E-state index in [-0.39, 0.29) is 57.4 Å². The SMILES string of the molecule is COc1cc2c(c(O)c1-c1c(OC)cc3c(c1O)C(=O)[C@@H]1[C@@H](C)O[C@@H](C)C[C@@]1(O)[C@H]3O)C(=O)[C@H]1[C@@H](C[C@H](C)O[C@@H]1C)[C@H]2O. The lowest BCUT2D eigenvalue weighted by molar-refractivity contribution is -0.206. The first-order valence-electron chi connectivity index (χ1n) is 14.6. The topological polar surface area (TPSA) is 172 Å². The van der Waals surface area contributed by atoms with E-state index in [1.165, 1.54) is 26.4 Å². The van der Waals surface area contributed by atoms with Crippen molar-refractivity contribution in [3.63, 3.8) is 0 Å². The summed E-state index contributed by atoms with van der Waals surface area (Å²) in [7, 11) is 2.64. The van der Waals surface area contributed by atoms with Crippen molar-refractivity contribution >= 4 is 11.6 Å². The largest absolute Gasteiger partial charge is 0.506 e. The molecule has 11 nitrogen and oxygen atoms in total. The van der Waals surface area contributed by atoms with Crippen LogP contribution in [-0.2, 0) is 9.47 Å². The van der Waals surface area contributed by atoms with E-state index in [0.29, 0.717) is 6.42 Å². The number of fused-ring (bicyclic) bond motifs is 4. The maximum Gasteiger partial charge on any atom is 0.175 e. The molecule has 2 aliphatic carbocycles. The number of aliphatic hydroxyl groups is 3. The summed E-state index contributed by atoms with van der Waals surface area (Å²) in [6.45, 7) is 7.01. The molecule has 0 spiro atoms. The Bertz CT molecular complexity index is 1520. The van der Waals surface area contributed by atoms with Gasteiger partial charge in [-0.2, -0.15) is 0 Å². The van der Waals surface area contributed by atoms with Crippen molar-refractivity contribution in [3.8, 4) is 34.1 Å². The van der Waals surface area contributed by atoms with Gasteiger partial charge in [-0.3, -0.25) is 9.59 Å². The summed E-state index contributed by atoms with van der Waals surface area (Å²) in [6, 6.07) is 2.80. The number of aliphatic hydroxyl groups excluding tert-OH is 2. The Hall–Kier alpha value is -3.22. The Labute approximate surface area is 249 Å². The highest BCUT2D eigenvalue weighted by Gasteiger charge is 2.59. The van der Waals surface area contributed by atoms with Crippen molar-refractivity contribution in [2.75, 3.05) is 14.2 Å². The van der Waals surface area contributed by atoms with Gasteiger partial charge in [0, 0.05) is 17.9 Å². The van der Waals surface area contributed by atoms with Crippen LogP contribution < -0.4 is 9.47 Å². The van der Waals surface area contributed by atoms with Crippen molar-refractivity contribution < 1.29 is 54.1 Å². The molecule has 2 aromatic carbocycles. The highest BCUT2D eigenvalue weighted by molar-refractivity contribution is 6.10. The Balaban J connectivity index is 1.59. The summed E-state index contributed by atoms with van der Waals surface area (Å²) in [5.41, 5.74) is -2.33. The lowest BCUT2D eigenvalue weighted by Gasteiger charge is -2.50. The number of Topliss-reactive ketones (excluding diaryl/α,β-unsaturated/α-hetero) is 2. The number of hydrogen-bond acceptors (Lipinski definition) is 11. The average molecular weight is 599 g/mol. The molecule has 43 heavy (non-hydrogen) atoms. The molecule has 2 saturated heterocycles. The van der Waals surface area contributed by atoms with Gasteiger partial charge < -0.3 is 44.5 Å². The standard InChI is InChI=1S/C32H38O11/c1-11-7-15-20(13(3)42-11)27(34)21-16(26(15)33)8-18(40-5)23(28(21)35)24-19(41-6)9-17-22(29(24)36)30(37)25-14(4)43-12(2)10-32(25,39)31(17)38/h8-9,11-15,20,25-26,31,33,35-36,38-39H,7,10H2,1-6H3/t11-,12-,13+,14+,15+,20+,25-,26+,31-,32-/m0/s1. The van der Waals surface area contributed by atoms with Gasteiger partial charge in [-0.25, -0.2) is 0 Å². The van der Waals surface area contributed by atoms with Gasteiger partial charge in [0.05, 0.1) is 78.8 Å². The zero-order chi connectivity index (χ0) is 31.3. The monoisotopic (exact) mass is 598 g/mol. The number of ether oxygens (including phenoxy) is 4. The van der Waals surface area contributed by atoms with Crippen LogP contribution in [0.5, 0.6) is 23.0 Å². The van der Waals surface area contributed by atoms with Gasteiger partial charge in [-0.05, 0) is 51.8 Å². The summed E-state index contributed by atoms with van der Waals surface area (Å²) >= 11 is 0. The second kappa shape index (κ2) is 10.2. The van der Waals surface area contributed by atoms with E-state index in [1.807, 2.05) is 6.92 Å². The molecule has 10 atom stereocenters. The fourth-order valence-corrected chi connectivity index (χ4v) is 8.25. The summed E-state index contributed by atoms with van der Waals surface area (Å²) in [6.07, 6.45) is -4.09. The zero-order valence-corrected chi connectivity index (χ0v) is 25.0. The molecule has 11 heteroatoms. The van der Waals surface area contributed by atoms with Gasteiger partial charge in [0.1, 0.15) is 34.7 Å². The Morgan fingerprint density at radius 2 is 1.33 bits per heavy atom. The molecule has 2 aromatic rings. The summed E-state index contributed by atoms with van der Waals surface area (Å²) in [5, 5.41) is 58.0. The molecular formula is C32H38O11. The number of phenols is 2. The van der Waals surface area contributed by atoms with Gasteiger partial charge >= 0.3 is 0 Å². The number of phenolic OH excluding ortho intramolecular Hbond substituents is 2. The Kier molecular flexibility index (Phi) is 7.06. The third-order valence-electron chi connectivity index (χ3n) is 9.94. The number of aromatic hydroxyl groups is 2. The molecule has 5 N–H and O–H groups in total. The molecule has 0 radical (unpaired) electrons. The fourth-order valence-electron chi connectivity index (χ4n) is 8.25. The van der Waals surface area contributed by atoms with E-state index < -0.39 is 76.9 Å². The van der Waals surface area contributed by atoms with Crippen molar-refractivity contribution in [1.82, 2.24) is 0 Å². The minimum Gasteiger partial charge on any atom is -0.506 e. The zero-order valence-electron chi connectivity index (χ0n) is 25.0. The van der Waals surface area contributed by atoms with Crippen LogP contribution in [0.4, 0.5) is 0 Å². The smallest absolute Gasteiger partial charge is 0.175 e. The first-order chi connectivity index (χ1) is 20.3. The van der Waals surface area contributed by atoms with Gasteiger partial charge in [0.25, 0.3) is 0 Å². The van der Waals surface area contributed by atoms with Crippen LogP contribution in [0, 0.1) is 17.8 Å². The summed E-state index contributed by atoms with van der Waals surface area (Å²) in [4.78, 5) is 27.9. The molecule has 2 aliphatic heterocycles. The molecule has 0 unspecified atom stereocenters. The summed E-state index contributed by atoms with van der Waals surface area (Å²) in [5.74, 6) is -4.58. The van der Waals surface area contributed by atoms with Gasteiger partial charge in [-0.1, -0.05) is 0 Å². The van der Waals surface area contributed by atoms with Crippen LogP contribution in [0.1, 0.15) is 84.6 Å². The minimum atomic E-state index is -1.85. The van der Waals surface area contributed by atoms with E-state index in [9.17, 15) is 35.1 Å². The van der Waals surface area contributed by atoms with Crippen LogP contribution in [0.15, 0.2) is 12.1 Å². The molecule has 2 fully saturated rings. The Morgan fingerprint density at radius 1 is 0.791 bits per heavy atom. The number of carbonyl (C=O) groups is 2. The van der Waals surface area contributed by atoms with E-state index >= 15 is 0 Å². The van der Waals surface area contributed by atoms with Gasteiger partial charge in [-0.15, -0.1) is 0 Å². The number of hydrogen-bond donors (Lipinski definition) is 5. The fraction of sp³-hybridized carbons (Fsp3) is 0.562. The second-order valence-corrected chi connectivity index (χ2v) is 12.5. The third kappa shape index (κ3) is 4.05. The van der Waals surface area contributed by atoms with E-state index in [4.69, 9.17) is 18.9 Å².